The summed E-state index contributed by atoms with van der Waals surface area (Å²) in [5, 5.41) is 4.10. The molecule has 2 fully saturated rings. The van der Waals surface area contributed by atoms with E-state index >= 15 is 0 Å². The van der Waals surface area contributed by atoms with Gasteiger partial charge in [-0.3, -0.25) is 9.69 Å². The zero-order chi connectivity index (χ0) is 17.9. The highest BCUT2D eigenvalue weighted by Crippen LogP contribution is 2.39. The molecule has 0 unspecified atom stereocenters. The molecule has 1 atom stereocenters. The molecular weight excluding hydrogens is 316 g/mol. The monoisotopic (exact) mass is 348 g/mol. The average molecular weight is 348 g/mol. The largest absolute Gasteiger partial charge is 0.342 e. The first kappa shape index (κ1) is 18.4. The Morgan fingerprint density at radius 3 is 2.84 bits per heavy atom. The quantitative estimate of drug-likeness (QED) is 0.791. The van der Waals surface area contributed by atoms with E-state index in [-0.39, 0.29) is 5.41 Å². The van der Waals surface area contributed by atoms with Gasteiger partial charge in [-0.25, -0.2) is 0 Å². The van der Waals surface area contributed by atoms with Crippen LogP contribution >= 0.6 is 0 Å². The number of hydrogen-bond acceptors (Lipinski definition) is 5. The molecular formula is C19H32N4O2. The summed E-state index contributed by atoms with van der Waals surface area (Å²) in [4.78, 5) is 21.3. The Morgan fingerprint density at radius 1 is 1.28 bits per heavy atom. The van der Waals surface area contributed by atoms with Gasteiger partial charge < -0.3 is 9.42 Å². The second kappa shape index (κ2) is 7.85. The fourth-order valence-electron chi connectivity index (χ4n) is 4.20. The van der Waals surface area contributed by atoms with Crippen LogP contribution in [0.1, 0.15) is 64.6 Å². The van der Waals surface area contributed by atoms with Gasteiger partial charge in [0.2, 0.25) is 11.8 Å². The van der Waals surface area contributed by atoms with E-state index in [1.165, 1.54) is 12.8 Å². The van der Waals surface area contributed by atoms with Gasteiger partial charge in [0.05, 0.1) is 6.54 Å². The molecule has 0 bridgehead atoms. The minimum Gasteiger partial charge on any atom is -0.342 e. The highest BCUT2D eigenvalue weighted by atomic mass is 16.5. The summed E-state index contributed by atoms with van der Waals surface area (Å²) >= 11 is 0. The van der Waals surface area contributed by atoms with Crippen LogP contribution in [0.4, 0.5) is 0 Å². The molecule has 1 spiro atoms. The first-order chi connectivity index (χ1) is 12.0. The first-order valence-electron chi connectivity index (χ1n) is 9.81. The van der Waals surface area contributed by atoms with Gasteiger partial charge in [-0.05, 0) is 38.1 Å². The number of carbonyl (C=O) groups is 1. The fraction of sp³-hybridized carbons (Fsp3) is 0.842. The van der Waals surface area contributed by atoms with Gasteiger partial charge in [-0.15, -0.1) is 0 Å². The van der Waals surface area contributed by atoms with E-state index in [1.54, 1.807) is 0 Å². The van der Waals surface area contributed by atoms with Crippen molar-refractivity contribution in [2.24, 2.45) is 11.3 Å². The van der Waals surface area contributed by atoms with E-state index in [1.807, 2.05) is 6.92 Å². The number of rotatable bonds is 6. The summed E-state index contributed by atoms with van der Waals surface area (Å²) in [6.45, 7) is 11.2. The van der Waals surface area contributed by atoms with Gasteiger partial charge in [0.1, 0.15) is 0 Å². The van der Waals surface area contributed by atoms with E-state index < -0.39 is 0 Å². The molecule has 140 valence electrons. The number of amides is 1. The van der Waals surface area contributed by atoms with Gasteiger partial charge in [0.15, 0.2) is 5.82 Å². The van der Waals surface area contributed by atoms with Crippen molar-refractivity contribution >= 4 is 5.91 Å². The third-order valence-electron chi connectivity index (χ3n) is 5.64. The Kier molecular flexibility index (Phi) is 5.77. The number of aryl methyl sites for hydroxylation is 1. The number of nitrogens with zero attached hydrogens (tertiary/aromatic N) is 4. The number of likely N-dealkylation sites (tertiary alicyclic amines) is 2. The summed E-state index contributed by atoms with van der Waals surface area (Å²) in [5.41, 5.74) is 0.250. The minimum absolute atomic E-state index is 0.250. The number of carbonyl (C=O) groups excluding carboxylic acids is 1. The summed E-state index contributed by atoms with van der Waals surface area (Å²) in [7, 11) is 0. The molecule has 6 nitrogen and oxygen atoms in total. The molecule has 0 saturated carbocycles. The van der Waals surface area contributed by atoms with Crippen molar-refractivity contribution in [2.75, 3.05) is 26.2 Å². The molecule has 2 saturated heterocycles. The van der Waals surface area contributed by atoms with Crippen molar-refractivity contribution in [1.82, 2.24) is 19.9 Å². The Morgan fingerprint density at radius 2 is 2.12 bits per heavy atom. The molecule has 0 radical (unpaired) electrons. The second-order valence-corrected chi connectivity index (χ2v) is 8.27. The highest BCUT2D eigenvalue weighted by molar-refractivity contribution is 5.77. The lowest BCUT2D eigenvalue weighted by Gasteiger charge is -2.48. The molecule has 2 aliphatic rings. The summed E-state index contributed by atoms with van der Waals surface area (Å²) in [6.07, 6.45) is 6.01. The Hall–Kier alpha value is -1.43. The van der Waals surface area contributed by atoms with Gasteiger partial charge in [-0.1, -0.05) is 25.9 Å². The minimum atomic E-state index is 0.250. The van der Waals surface area contributed by atoms with E-state index in [0.717, 1.165) is 57.8 Å². The lowest BCUT2D eigenvalue weighted by Crippen LogP contribution is -2.54. The standard InChI is InChI=1S/C19H32N4O2/c1-4-17-20-16(21-25-17)12-22-10-5-8-19(13-22)9-6-18(24)23(14-19)11-7-15(2)3/h15H,4-14H2,1-3H3/t19-/m1/s1. The van der Waals surface area contributed by atoms with E-state index in [4.69, 9.17) is 4.52 Å². The van der Waals surface area contributed by atoms with Gasteiger partial charge >= 0.3 is 0 Å². The third kappa shape index (κ3) is 4.60. The maximum atomic E-state index is 12.3. The summed E-state index contributed by atoms with van der Waals surface area (Å²) in [5.74, 6) is 2.48. The van der Waals surface area contributed by atoms with Crippen LogP contribution in [-0.4, -0.2) is 52.0 Å². The molecule has 2 aliphatic heterocycles. The lowest BCUT2D eigenvalue weighted by molar-refractivity contribution is -0.139. The van der Waals surface area contributed by atoms with Crippen molar-refractivity contribution in [3.63, 3.8) is 0 Å². The van der Waals surface area contributed by atoms with Crippen LogP contribution in [0.25, 0.3) is 0 Å². The molecule has 6 heteroatoms. The van der Waals surface area contributed by atoms with Crippen molar-refractivity contribution in [2.45, 2.75) is 65.8 Å². The number of hydrogen-bond donors (Lipinski definition) is 0. The van der Waals surface area contributed by atoms with Crippen LogP contribution in [0.2, 0.25) is 0 Å². The Balaban J connectivity index is 1.61. The average Bonchev–Trinajstić information content (AvgIpc) is 3.04. The molecule has 0 aliphatic carbocycles. The third-order valence-corrected chi connectivity index (χ3v) is 5.64. The predicted octanol–water partition coefficient (Wildman–Crippen LogP) is 2.88. The highest BCUT2D eigenvalue weighted by Gasteiger charge is 2.41. The first-order valence-corrected chi connectivity index (χ1v) is 9.81. The van der Waals surface area contributed by atoms with E-state index in [2.05, 4.69) is 33.8 Å². The maximum absolute atomic E-state index is 12.3. The van der Waals surface area contributed by atoms with Crippen molar-refractivity contribution in [3.05, 3.63) is 11.7 Å². The van der Waals surface area contributed by atoms with Gasteiger partial charge in [-0.2, -0.15) is 4.98 Å². The fourth-order valence-corrected chi connectivity index (χ4v) is 4.20. The maximum Gasteiger partial charge on any atom is 0.226 e. The SMILES string of the molecule is CCc1nc(CN2CCC[C@@]3(CCC(=O)N(CCC(C)C)C3)C2)no1. The second-order valence-electron chi connectivity index (χ2n) is 8.27. The molecule has 1 aromatic heterocycles. The summed E-state index contributed by atoms with van der Waals surface area (Å²) in [6, 6.07) is 0. The zero-order valence-electron chi connectivity index (χ0n) is 16.0. The molecule has 0 aromatic carbocycles. The predicted molar refractivity (Wildman–Crippen MR) is 95.9 cm³/mol. The molecule has 1 aromatic rings. The normalized spacial score (nSPS) is 25.3. The Labute approximate surface area is 150 Å². The van der Waals surface area contributed by atoms with Crippen LogP contribution in [0.3, 0.4) is 0 Å². The zero-order valence-corrected chi connectivity index (χ0v) is 16.0. The van der Waals surface area contributed by atoms with Gasteiger partial charge in [0.25, 0.3) is 0 Å². The van der Waals surface area contributed by atoms with Gasteiger partial charge in [0, 0.05) is 37.9 Å². The van der Waals surface area contributed by atoms with Crippen molar-refractivity contribution in [1.29, 1.82) is 0 Å². The molecule has 3 rings (SSSR count). The lowest BCUT2D eigenvalue weighted by atomic mass is 9.73. The van der Waals surface area contributed by atoms with Crippen molar-refractivity contribution < 1.29 is 9.32 Å². The molecule has 25 heavy (non-hydrogen) atoms. The van der Waals surface area contributed by atoms with Crippen LogP contribution in [-0.2, 0) is 17.8 Å². The van der Waals surface area contributed by atoms with E-state index in [0.29, 0.717) is 24.1 Å². The molecule has 0 N–H and O–H groups in total. The van der Waals surface area contributed by atoms with Crippen LogP contribution < -0.4 is 0 Å². The van der Waals surface area contributed by atoms with Crippen LogP contribution in [0.15, 0.2) is 4.52 Å². The van der Waals surface area contributed by atoms with E-state index in [9.17, 15) is 4.79 Å². The smallest absolute Gasteiger partial charge is 0.226 e. The molecule has 1 amide bonds. The number of piperidine rings is 2. The van der Waals surface area contributed by atoms with Crippen molar-refractivity contribution in [3.8, 4) is 0 Å². The Bertz CT molecular complexity index is 586. The van der Waals surface area contributed by atoms with Crippen LogP contribution in [0, 0.1) is 11.3 Å². The molecule has 3 heterocycles. The number of aromatic nitrogens is 2. The van der Waals surface area contributed by atoms with Crippen LogP contribution in [0.5, 0.6) is 0 Å². The summed E-state index contributed by atoms with van der Waals surface area (Å²) < 4.78 is 5.24. The topological polar surface area (TPSA) is 62.5 Å².